The summed E-state index contributed by atoms with van der Waals surface area (Å²) in [5.74, 6) is 0.0256. The number of carboxylic acid groups (broad SMARTS) is 1. The van der Waals surface area contributed by atoms with Crippen LogP contribution in [0.15, 0.2) is 24.3 Å². The molecule has 0 radical (unpaired) electrons. The molecule has 3 unspecified atom stereocenters. The predicted molar refractivity (Wildman–Crippen MR) is 67.2 cm³/mol. The fourth-order valence-corrected chi connectivity index (χ4v) is 5.08. The van der Waals surface area contributed by atoms with Crippen molar-refractivity contribution in [3.8, 4) is 0 Å². The number of rotatable bonds is 2. The first kappa shape index (κ1) is 11.5. The zero-order valence-electron chi connectivity index (χ0n) is 10.8. The van der Waals surface area contributed by atoms with E-state index in [4.69, 9.17) is 0 Å². The third-order valence-electron chi connectivity index (χ3n) is 5.87. The number of hydrogen-bond donors (Lipinski definition) is 1. The van der Waals surface area contributed by atoms with E-state index in [1.54, 1.807) is 24.3 Å². The van der Waals surface area contributed by atoms with Crippen LogP contribution in [-0.2, 0) is 5.60 Å². The molecule has 0 heterocycles. The third kappa shape index (κ3) is 1.34. The SMILES string of the molecule is O=C([O-])c1ccc([C@@]2(O)CC34CCC(CC32)C4)cc1. The topological polar surface area (TPSA) is 60.4 Å². The molecular formula is C16H17O3-. The third-order valence-corrected chi connectivity index (χ3v) is 5.87. The number of hydrogen-bond acceptors (Lipinski definition) is 3. The molecular weight excluding hydrogens is 240 g/mol. The maximum Gasteiger partial charge on any atom is 0.0935 e. The van der Waals surface area contributed by atoms with Gasteiger partial charge in [-0.05, 0) is 60.5 Å². The molecule has 3 heteroatoms. The maximum atomic E-state index is 10.9. The number of fused-ring (bicyclic) bond motifs is 1. The molecule has 100 valence electrons. The Morgan fingerprint density at radius 1 is 1.32 bits per heavy atom. The van der Waals surface area contributed by atoms with Crippen molar-refractivity contribution in [2.24, 2.45) is 17.3 Å². The Kier molecular flexibility index (Phi) is 2.05. The molecule has 1 aromatic carbocycles. The van der Waals surface area contributed by atoms with E-state index in [1.807, 2.05) is 0 Å². The monoisotopic (exact) mass is 257 g/mol. The zero-order chi connectivity index (χ0) is 13.3. The van der Waals surface area contributed by atoms with E-state index in [0.717, 1.165) is 24.3 Å². The Morgan fingerprint density at radius 2 is 2.05 bits per heavy atom. The number of carbonyl (C=O) groups excluding carboxylic acids is 1. The second-order valence-corrected chi connectivity index (χ2v) is 6.73. The minimum atomic E-state index is -1.16. The van der Waals surface area contributed by atoms with Gasteiger partial charge < -0.3 is 15.0 Å². The van der Waals surface area contributed by atoms with Gasteiger partial charge in [-0.2, -0.15) is 0 Å². The second kappa shape index (κ2) is 3.40. The van der Waals surface area contributed by atoms with E-state index in [-0.39, 0.29) is 5.56 Å². The predicted octanol–water partition coefficient (Wildman–Crippen LogP) is 1.45. The zero-order valence-corrected chi connectivity index (χ0v) is 10.8. The van der Waals surface area contributed by atoms with Gasteiger partial charge in [-0.3, -0.25) is 0 Å². The minimum Gasteiger partial charge on any atom is -0.545 e. The van der Waals surface area contributed by atoms with Crippen molar-refractivity contribution < 1.29 is 15.0 Å². The summed E-state index contributed by atoms with van der Waals surface area (Å²) in [5.41, 5.74) is 0.724. The molecule has 1 N–H and O–H groups in total. The Balaban J connectivity index is 1.65. The molecule has 2 bridgehead atoms. The van der Waals surface area contributed by atoms with Gasteiger partial charge in [-0.15, -0.1) is 0 Å². The molecule has 4 rings (SSSR count). The standard InChI is InChI=1S/C16H18O3/c17-14(18)11-1-3-12(4-2-11)16(19)9-15-6-5-10(8-15)7-13(15)16/h1-4,10,13,19H,5-9H2,(H,17,18)/p-1/t10?,13?,15?,16-/m0/s1. The van der Waals surface area contributed by atoms with Crippen molar-refractivity contribution in [3.05, 3.63) is 35.4 Å². The van der Waals surface area contributed by atoms with Crippen molar-refractivity contribution in [3.63, 3.8) is 0 Å². The fourth-order valence-electron chi connectivity index (χ4n) is 5.08. The molecule has 3 fully saturated rings. The second-order valence-electron chi connectivity index (χ2n) is 6.73. The van der Waals surface area contributed by atoms with Gasteiger partial charge in [-0.1, -0.05) is 24.3 Å². The van der Waals surface area contributed by atoms with Crippen LogP contribution >= 0.6 is 0 Å². The maximum absolute atomic E-state index is 10.9. The van der Waals surface area contributed by atoms with E-state index in [9.17, 15) is 15.0 Å². The first-order valence-electron chi connectivity index (χ1n) is 7.08. The van der Waals surface area contributed by atoms with Crippen molar-refractivity contribution in [2.75, 3.05) is 0 Å². The highest BCUT2D eigenvalue weighted by Gasteiger charge is 2.68. The summed E-state index contributed by atoms with van der Waals surface area (Å²) in [5, 5.41) is 21.7. The molecule has 3 saturated carbocycles. The van der Waals surface area contributed by atoms with Crippen LogP contribution in [0.4, 0.5) is 0 Å². The summed E-state index contributed by atoms with van der Waals surface area (Å²) < 4.78 is 0. The molecule has 4 atom stereocenters. The molecule has 0 amide bonds. The fraction of sp³-hybridized carbons (Fsp3) is 0.562. The van der Waals surface area contributed by atoms with Crippen molar-refractivity contribution >= 4 is 5.97 Å². The number of carbonyl (C=O) groups is 1. The highest BCUT2D eigenvalue weighted by atomic mass is 16.4. The Labute approximate surface area is 112 Å². The van der Waals surface area contributed by atoms with Gasteiger partial charge in [-0.25, -0.2) is 0 Å². The van der Waals surface area contributed by atoms with Crippen molar-refractivity contribution in [2.45, 2.75) is 37.7 Å². The molecule has 1 aromatic rings. The lowest BCUT2D eigenvalue weighted by atomic mass is 9.49. The summed E-state index contributed by atoms with van der Waals surface area (Å²) in [6.45, 7) is 0. The largest absolute Gasteiger partial charge is 0.545 e. The number of aromatic carboxylic acids is 1. The van der Waals surface area contributed by atoms with Crippen molar-refractivity contribution in [1.82, 2.24) is 0 Å². The van der Waals surface area contributed by atoms with Crippen LogP contribution in [0.25, 0.3) is 0 Å². The van der Waals surface area contributed by atoms with Crippen LogP contribution in [0.3, 0.4) is 0 Å². The number of carboxylic acids is 1. The molecule has 0 aliphatic heterocycles. The molecule has 0 aromatic heterocycles. The average Bonchev–Trinajstić information content (AvgIpc) is 2.93. The summed E-state index contributed by atoms with van der Waals surface area (Å²) >= 11 is 0. The van der Waals surface area contributed by atoms with Gasteiger partial charge in [0.05, 0.1) is 11.6 Å². The quantitative estimate of drug-likeness (QED) is 0.872. The molecule has 3 aliphatic rings. The van der Waals surface area contributed by atoms with Gasteiger partial charge in [0.15, 0.2) is 0 Å². The summed E-state index contributed by atoms with van der Waals surface area (Å²) in [4.78, 5) is 10.8. The minimum absolute atomic E-state index is 0.175. The van der Waals surface area contributed by atoms with Crippen LogP contribution < -0.4 is 5.11 Å². The number of aliphatic hydroxyl groups is 1. The summed E-state index contributed by atoms with van der Waals surface area (Å²) in [7, 11) is 0. The van der Waals surface area contributed by atoms with E-state index >= 15 is 0 Å². The van der Waals surface area contributed by atoms with E-state index in [2.05, 4.69) is 0 Å². The Bertz CT molecular complexity index is 550. The highest BCUT2D eigenvalue weighted by molar-refractivity contribution is 5.85. The summed E-state index contributed by atoms with van der Waals surface area (Å²) in [6.07, 6.45) is 5.87. The van der Waals surface area contributed by atoms with Crippen LogP contribution in [0.5, 0.6) is 0 Å². The van der Waals surface area contributed by atoms with Crippen LogP contribution in [0.1, 0.15) is 48.0 Å². The van der Waals surface area contributed by atoms with Gasteiger partial charge in [0, 0.05) is 0 Å². The molecule has 3 aliphatic carbocycles. The van der Waals surface area contributed by atoms with E-state index < -0.39 is 11.6 Å². The van der Waals surface area contributed by atoms with Crippen LogP contribution in [0, 0.1) is 17.3 Å². The van der Waals surface area contributed by atoms with E-state index in [1.165, 1.54) is 19.3 Å². The molecule has 19 heavy (non-hydrogen) atoms. The van der Waals surface area contributed by atoms with Gasteiger partial charge in [0.25, 0.3) is 0 Å². The van der Waals surface area contributed by atoms with Gasteiger partial charge in [0.2, 0.25) is 0 Å². The van der Waals surface area contributed by atoms with Crippen LogP contribution in [-0.4, -0.2) is 11.1 Å². The van der Waals surface area contributed by atoms with E-state index in [0.29, 0.717) is 11.3 Å². The first-order chi connectivity index (χ1) is 9.03. The number of benzene rings is 1. The summed E-state index contributed by atoms with van der Waals surface area (Å²) in [6, 6.07) is 6.59. The normalized spacial score (nSPS) is 42.8. The Hall–Kier alpha value is -1.35. The lowest BCUT2D eigenvalue weighted by Crippen LogP contribution is -2.56. The first-order valence-corrected chi connectivity index (χ1v) is 7.08. The average molecular weight is 257 g/mol. The smallest absolute Gasteiger partial charge is 0.0935 e. The lowest BCUT2D eigenvalue weighted by molar-refractivity contribution is -0.255. The van der Waals surface area contributed by atoms with Gasteiger partial charge in [0.1, 0.15) is 0 Å². The van der Waals surface area contributed by atoms with Gasteiger partial charge >= 0.3 is 0 Å². The lowest BCUT2D eigenvalue weighted by Gasteiger charge is -2.58. The molecule has 1 spiro atoms. The highest BCUT2D eigenvalue weighted by Crippen LogP contribution is 2.73. The van der Waals surface area contributed by atoms with Crippen molar-refractivity contribution in [1.29, 1.82) is 0 Å². The molecule has 0 saturated heterocycles. The van der Waals surface area contributed by atoms with Crippen LogP contribution in [0.2, 0.25) is 0 Å². The molecule has 3 nitrogen and oxygen atoms in total. The Morgan fingerprint density at radius 3 is 2.63 bits per heavy atom.